The molecule has 8 heteroatoms. The van der Waals surface area contributed by atoms with Crippen molar-refractivity contribution >= 4 is 34.9 Å². The summed E-state index contributed by atoms with van der Waals surface area (Å²) >= 11 is 0. The molecule has 3 aromatic carbocycles. The molecule has 0 aliphatic rings. The molecule has 0 aromatic heterocycles. The van der Waals surface area contributed by atoms with Crippen LogP contribution in [0.4, 0.5) is 0 Å². The average molecular weight is 551 g/mol. The van der Waals surface area contributed by atoms with E-state index in [9.17, 15) is 8.42 Å². The number of benzene rings is 3. The monoisotopic (exact) mass is 550 g/mol. The summed E-state index contributed by atoms with van der Waals surface area (Å²) < 4.78 is 34.9. The predicted octanol–water partition coefficient (Wildman–Crippen LogP) is 4.97. The van der Waals surface area contributed by atoms with E-state index in [1.165, 1.54) is 20.9 Å². The quantitative estimate of drug-likeness (QED) is 0.120. The number of rotatable bonds is 11. The molecule has 0 unspecified atom stereocenters. The highest BCUT2D eigenvalue weighted by Gasteiger charge is 2.50. The Morgan fingerprint density at radius 1 is 0.921 bits per heavy atom. The van der Waals surface area contributed by atoms with Gasteiger partial charge in [-0.25, -0.2) is 8.42 Å². The number of nitrogens with zero attached hydrogens (tertiary/aromatic N) is 2. The van der Waals surface area contributed by atoms with Crippen LogP contribution in [0.15, 0.2) is 107 Å². The second-order valence-corrected chi connectivity index (χ2v) is 16.5. The molecule has 38 heavy (non-hydrogen) atoms. The Balaban J connectivity index is 1.91. The van der Waals surface area contributed by atoms with Crippen molar-refractivity contribution in [3.05, 3.63) is 103 Å². The molecule has 3 rings (SSSR count). The second-order valence-electron chi connectivity index (χ2n) is 10.3. The maximum Gasteiger partial charge on any atom is 0.261 e. The van der Waals surface area contributed by atoms with Crippen LogP contribution in [0.1, 0.15) is 33.3 Å². The molecule has 0 aliphatic heterocycles. The molecule has 1 N–H and O–H groups in total. The van der Waals surface area contributed by atoms with Crippen LogP contribution < -0.4 is 10.4 Å². The summed E-state index contributed by atoms with van der Waals surface area (Å²) in [5, 5.41) is 14.1. The third-order valence-corrected chi connectivity index (χ3v) is 13.5. The average Bonchev–Trinajstić information content (AvgIpc) is 2.89. The van der Waals surface area contributed by atoms with Crippen molar-refractivity contribution in [2.75, 3.05) is 13.1 Å². The minimum absolute atomic E-state index is 0.0546. The molecule has 1 atom stereocenters. The molecule has 0 amide bonds. The fourth-order valence-electron chi connectivity index (χ4n) is 4.64. The third kappa shape index (κ3) is 6.68. The van der Waals surface area contributed by atoms with Gasteiger partial charge in [-0.1, -0.05) is 111 Å². The zero-order chi connectivity index (χ0) is 27.8. The minimum atomic E-state index is -3.78. The number of sulfonamides is 1. The van der Waals surface area contributed by atoms with Crippen LogP contribution in [0, 0.1) is 6.92 Å². The topological polar surface area (TPSA) is 79.2 Å². The Hall–Kier alpha value is -3.04. The van der Waals surface area contributed by atoms with E-state index in [4.69, 9.17) is 9.63 Å². The van der Waals surface area contributed by atoms with Gasteiger partial charge in [-0.2, -0.15) is 4.31 Å². The summed E-state index contributed by atoms with van der Waals surface area (Å²) in [5.74, 6) is 0. The van der Waals surface area contributed by atoms with Gasteiger partial charge in [-0.05, 0) is 41.4 Å². The summed E-state index contributed by atoms with van der Waals surface area (Å²) in [5.41, 5.74) is 0.974. The fraction of sp³-hybridized carbons (Fsp3) is 0.300. The summed E-state index contributed by atoms with van der Waals surface area (Å²) in [6.07, 6.45) is 4.60. The maximum absolute atomic E-state index is 13.3. The van der Waals surface area contributed by atoms with Gasteiger partial charge in [0.1, 0.15) is 0 Å². The summed E-state index contributed by atoms with van der Waals surface area (Å²) in [4.78, 5) is 0.194. The van der Waals surface area contributed by atoms with Gasteiger partial charge in [0.15, 0.2) is 0 Å². The molecule has 0 fully saturated rings. The lowest BCUT2D eigenvalue weighted by Gasteiger charge is -2.44. The zero-order valence-corrected chi connectivity index (χ0v) is 24.6. The van der Waals surface area contributed by atoms with E-state index < -0.39 is 18.3 Å². The van der Waals surface area contributed by atoms with Gasteiger partial charge in [0.05, 0.1) is 23.8 Å². The Morgan fingerprint density at radius 3 is 1.92 bits per heavy atom. The number of aryl methyl sites for hydroxylation is 1. The van der Waals surface area contributed by atoms with Crippen LogP contribution in [-0.2, 0) is 14.4 Å². The van der Waals surface area contributed by atoms with Crippen LogP contribution in [-0.4, -0.2) is 51.7 Å². The lowest BCUT2D eigenvalue weighted by atomic mass is 10.2. The minimum Gasteiger partial charge on any atom is -0.411 e. The van der Waals surface area contributed by atoms with Gasteiger partial charge in [0.25, 0.3) is 8.32 Å². The zero-order valence-electron chi connectivity index (χ0n) is 22.8. The van der Waals surface area contributed by atoms with E-state index >= 15 is 0 Å². The first-order valence-corrected chi connectivity index (χ1v) is 16.1. The van der Waals surface area contributed by atoms with Crippen LogP contribution >= 0.6 is 0 Å². The van der Waals surface area contributed by atoms with Crippen LogP contribution in [0.25, 0.3) is 0 Å². The largest absolute Gasteiger partial charge is 0.411 e. The van der Waals surface area contributed by atoms with Crippen molar-refractivity contribution in [1.82, 2.24) is 4.31 Å². The van der Waals surface area contributed by atoms with E-state index in [1.54, 1.807) is 30.3 Å². The SMILES string of the molecule is Cc1ccc(S(=O)(=O)N(C/C=C/[C@@H](C)O[Si](c2ccccc2)(c2ccccc2)C(C)(C)C)C/C=N/O)cc1. The predicted molar refractivity (Wildman–Crippen MR) is 158 cm³/mol. The molecule has 3 aromatic rings. The number of hydrogen-bond acceptors (Lipinski definition) is 5. The highest BCUT2D eigenvalue weighted by atomic mass is 32.2. The van der Waals surface area contributed by atoms with Gasteiger partial charge in [-0.15, -0.1) is 5.16 Å². The number of oxime groups is 1. The fourth-order valence-corrected chi connectivity index (χ4v) is 10.6. The molecular weight excluding hydrogens is 512 g/mol. The molecule has 0 bridgehead atoms. The molecule has 0 heterocycles. The number of hydrogen-bond donors (Lipinski definition) is 1. The van der Waals surface area contributed by atoms with Crippen molar-refractivity contribution in [2.24, 2.45) is 5.16 Å². The second kappa shape index (κ2) is 12.7. The molecule has 0 saturated carbocycles. The smallest absolute Gasteiger partial charge is 0.261 e. The first-order chi connectivity index (χ1) is 18.0. The van der Waals surface area contributed by atoms with Gasteiger partial charge < -0.3 is 9.63 Å². The van der Waals surface area contributed by atoms with Crippen molar-refractivity contribution in [1.29, 1.82) is 0 Å². The lowest BCUT2D eigenvalue weighted by Crippen LogP contribution is -2.67. The van der Waals surface area contributed by atoms with Crippen molar-refractivity contribution in [3.63, 3.8) is 0 Å². The Morgan fingerprint density at radius 2 is 1.45 bits per heavy atom. The van der Waals surface area contributed by atoms with Crippen LogP contribution in [0.5, 0.6) is 0 Å². The summed E-state index contributed by atoms with van der Waals surface area (Å²) in [6, 6.07) is 27.5. The maximum atomic E-state index is 13.3. The van der Waals surface area contributed by atoms with E-state index in [1.807, 2.05) is 56.3 Å². The van der Waals surface area contributed by atoms with Crippen LogP contribution in [0.2, 0.25) is 5.04 Å². The molecule has 202 valence electrons. The van der Waals surface area contributed by atoms with E-state index in [-0.39, 0.29) is 29.1 Å². The van der Waals surface area contributed by atoms with Crippen molar-refractivity contribution < 1.29 is 18.1 Å². The molecule has 0 radical (unpaired) electrons. The molecular formula is C30H38N2O4SSi. The van der Waals surface area contributed by atoms with Gasteiger partial charge in [0.2, 0.25) is 10.0 Å². The van der Waals surface area contributed by atoms with Crippen LogP contribution in [0.3, 0.4) is 0 Å². The lowest BCUT2D eigenvalue weighted by molar-refractivity contribution is 0.251. The van der Waals surface area contributed by atoms with E-state index in [2.05, 4.69) is 50.2 Å². The Kier molecular flexibility index (Phi) is 9.84. The van der Waals surface area contributed by atoms with E-state index in [0.717, 1.165) is 5.56 Å². The highest BCUT2D eigenvalue weighted by molar-refractivity contribution is 7.89. The van der Waals surface area contributed by atoms with Gasteiger partial charge in [0, 0.05) is 6.54 Å². The first kappa shape index (κ1) is 29.5. The molecule has 6 nitrogen and oxygen atoms in total. The van der Waals surface area contributed by atoms with Gasteiger partial charge >= 0.3 is 0 Å². The van der Waals surface area contributed by atoms with Crippen molar-refractivity contribution in [2.45, 2.75) is 50.7 Å². The molecule has 0 spiro atoms. The normalized spacial score (nSPS) is 13.9. The van der Waals surface area contributed by atoms with E-state index in [0.29, 0.717) is 0 Å². The first-order valence-electron chi connectivity index (χ1n) is 12.7. The Labute approximate surface area is 228 Å². The van der Waals surface area contributed by atoms with Gasteiger partial charge in [-0.3, -0.25) is 0 Å². The molecule has 0 aliphatic carbocycles. The summed E-state index contributed by atoms with van der Waals surface area (Å²) in [6.45, 7) is 10.6. The third-order valence-electron chi connectivity index (χ3n) is 6.52. The standard InChI is InChI=1S/C30H38N2O4SSi/c1-25-18-20-27(21-19-25)37(34,35)32(24-22-31-33)23-12-13-26(2)36-38(30(3,4)5,28-14-8-6-9-15-28)29-16-10-7-11-17-29/h6-22,26,33H,23-24H2,1-5H3/b13-12+,31-22+/t26-/m1/s1. The Bertz CT molecular complexity index is 1280. The highest BCUT2D eigenvalue weighted by Crippen LogP contribution is 2.37. The molecule has 0 saturated heterocycles. The van der Waals surface area contributed by atoms with Crippen molar-refractivity contribution in [3.8, 4) is 0 Å². The summed E-state index contributed by atoms with van der Waals surface area (Å²) in [7, 11) is -6.53.